The number of nitrogens with zero attached hydrogens (tertiary/aromatic N) is 2. The zero-order valence-electron chi connectivity index (χ0n) is 11.7. The lowest BCUT2D eigenvalue weighted by atomic mass is 10.1. The van der Waals surface area contributed by atoms with E-state index in [4.69, 9.17) is 5.11 Å². The molecule has 0 aliphatic carbocycles. The molecule has 20 heavy (non-hydrogen) atoms. The van der Waals surface area contributed by atoms with E-state index in [1.54, 1.807) is 0 Å². The van der Waals surface area contributed by atoms with Crippen molar-refractivity contribution < 1.29 is 9.90 Å². The predicted molar refractivity (Wildman–Crippen MR) is 80.2 cm³/mol. The third-order valence-corrected chi connectivity index (χ3v) is 3.88. The number of aromatic nitrogens is 2. The fourth-order valence-corrected chi connectivity index (χ4v) is 2.81. The molecule has 2 rings (SSSR count). The molecule has 5 heteroatoms. The molecule has 0 atom stereocenters. The van der Waals surface area contributed by atoms with Crippen molar-refractivity contribution in [2.75, 3.05) is 5.75 Å². The second-order valence-corrected chi connectivity index (χ2v) is 5.72. The van der Waals surface area contributed by atoms with Gasteiger partial charge in [0, 0.05) is 12.7 Å². The van der Waals surface area contributed by atoms with Crippen LogP contribution in [0.1, 0.15) is 16.8 Å². The summed E-state index contributed by atoms with van der Waals surface area (Å²) < 4.78 is 2.03. The quantitative estimate of drug-likeness (QED) is 0.831. The van der Waals surface area contributed by atoms with Crippen LogP contribution >= 0.6 is 11.8 Å². The van der Waals surface area contributed by atoms with Crippen LogP contribution in [0.5, 0.6) is 0 Å². The molecule has 1 aromatic carbocycles. The summed E-state index contributed by atoms with van der Waals surface area (Å²) in [5.41, 5.74) is 3.46. The molecule has 0 saturated heterocycles. The molecule has 1 N–H and O–H groups in total. The lowest BCUT2D eigenvalue weighted by Crippen LogP contribution is -2.04. The Morgan fingerprint density at radius 3 is 2.90 bits per heavy atom. The molecule has 0 aliphatic heterocycles. The highest BCUT2D eigenvalue weighted by molar-refractivity contribution is 7.99. The van der Waals surface area contributed by atoms with E-state index in [9.17, 15) is 4.79 Å². The molecule has 0 amide bonds. The van der Waals surface area contributed by atoms with Crippen LogP contribution in [0.3, 0.4) is 0 Å². The third kappa shape index (κ3) is 4.13. The summed E-state index contributed by atoms with van der Waals surface area (Å²) in [6.45, 7) is 4.82. The number of thioether (sulfide) groups is 1. The number of benzene rings is 1. The molecule has 4 nitrogen and oxygen atoms in total. The fraction of sp³-hybridized carbons (Fsp3) is 0.333. The highest BCUT2D eigenvalue weighted by Gasteiger charge is 2.08. The Kier molecular flexibility index (Phi) is 4.84. The maximum Gasteiger partial charge on any atom is 0.313 e. The minimum absolute atomic E-state index is 0.0426. The van der Waals surface area contributed by atoms with Crippen molar-refractivity contribution in [1.29, 1.82) is 0 Å². The molecule has 0 aliphatic rings. The number of aliphatic carboxylic acids is 1. The molecule has 2 aromatic rings. The molecular formula is C15H18N2O2S. The van der Waals surface area contributed by atoms with Crippen LogP contribution in [0, 0.1) is 13.8 Å². The minimum Gasteiger partial charge on any atom is -0.481 e. The lowest BCUT2D eigenvalue weighted by molar-refractivity contribution is -0.133. The van der Waals surface area contributed by atoms with Gasteiger partial charge < -0.3 is 9.67 Å². The van der Waals surface area contributed by atoms with Crippen molar-refractivity contribution in [3.05, 3.63) is 47.3 Å². The average Bonchev–Trinajstić information content (AvgIpc) is 2.74. The van der Waals surface area contributed by atoms with Gasteiger partial charge in [-0.05, 0) is 25.8 Å². The standard InChI is InChI=1S/C15H18N2O2S/c1-11-4-3-5-13(8-11)6-7-17-9-12(2)16-15(17)20-10-14(18)19/h3-5,8-9H,6-7,10H2,1-2H3,(H,18,19). The molecule has 0 bridgehead atoms. The van der Waals surface area contributed by atoms with Crippen molar-refractivity contribution in [2.24, 2.45) is 0 Å². The average molecular weight is 290 g/mol. The van der Waals surface area contributed by atoms with Gasteiger partial charge in [0.2, 0.25) is 0 Å². The Hall–Kier alpha value is -1.75. The van der Waals surface area contributed by atoms with Gasteiger partial charge in [-0.1, -0.05) is 41.6 Å². The van der Waals surface area contributed by atoms with Crippen LogP contribution in [-0.4, -0.2) is 26.4 Å². The van der Waals surface area contributed by atoms with Crippen LogP contribution in [0.15, 0.2) is 35.6 Å². The van der Waals surface area contributed by atoms with E-state index in [0.717, 1.165) is 23.8 Å². The van der Waals surface area contributed by atoms with Gasteiger partial charge in [0.1, 0.15) is 0 Å². The minimum atomic E-state index is -0.819. The summed E-state index contributed by atoms with van der Waals surface area (Å²) in [5.74, 6) is -0.776. The Balaban J connectivity index is 2.03. The Morgan fingerprint density at radius 2 is 2.20 bits per heavy atom. The van der Waals surface area contributed by atoms with E-state index in [-0.39, 0.29) is 5.75 Å². The molecule has 1 aromatic heterocycles. The van der Waals surface area contributed by atoms with E-state index < -0.39 is 5.97 Å². The van der Waals surface area contributed by atoms with Crippen LogP contribution in [0.25, 0.3) is 0 Å². The first-order valence-electron chi connectivity index (χ1n) is 6.48. The van der Waals surface area contributed by atoms with Gasteiger partial charge in [0.25, 0.3) is 0 Å². The number of carboxylic acids is 1. The number of imidazole rings is 1. The topological polar surface area (TPSA) is 55.1 Å². The molecule has 0 radical (unpaired) electrons. The molecule has 0 spiro atoms. The molecular weight excluding hydrogens is 272 g/mol. The number of hydrogen-bond acceptors (Lipinski definition) is 3. The Labute approximate surface area is 122 Å². The summed E-state index contributed by atoms with van der Waals surface area (Å²) >= 11 is 1.27. The summed E-state index contributed by atoms with van der Waals surface area (Å²) in [6, 6.07) is 8.43. The summed E-state index contributed by atoms with van der Waals surface area (Å²) in [4.78, 5) is 15.0. The van der Waals surface area contributed by atoms with Crippen molar-refractivity contribution in [1.82, 2.24) is 9.55 Å². The van der Waals surface area contributed by atoms with Gasteiger partial charge in [0.15, 0.2) is 5.16 Å². The first-order valence-corrected chi connectivity index (χ1v) is 7.47. The summed E-state index contributed by atoms with van der Waals surface area (Å²) in [6.07, 6.45) is 2.89. The fourth-order valence-electron chi connectivity index (χ4n) is 2.04. The molecule has 1 heterocycles. The number of aryl methyl sites for hydroxylation is 4. The zero-order chi connectivity index (χ0) is 14.5. The number of carboxylic acid groups (broad SMARTS) is 1. The van der Waals surface area contributed by atoms with Crippen molar-refractivity contribution in [3.8, 4) is 0 Å². The van der Waals surface area contributed by atoms with Crippen molar-refractivity contribution in [2.45, 2.75) is 32.0 Å². The lowest BCUT2D eigenvalue weighted by Gasteiger charge is -2.07. The first kappa shape index (κ1) is 14.7. The van der Waals surface area contributed by atoms with Gasteiger partial charge in [-0.2, -0.15) is 0 Å². The second-order valence-electron chi connectivity index (χ2n) is 4.78. The maximum atomic E-state index is 10.6. The molecule has 0 unspecified atom stereocenters. The van der Waals surface area contributed by atoms with Gasteiger partial charge in [0.05, 0.1) is 11.4 Å². The number of rotatable bonds is 6. The zero-order valence-corrected chi connectivity index (χ0v) is 12.5. The van der Waals surface area contributed by atoms with Crippen LogP contribution < -0.4 is 0 Å². The highest BCUT2D eigenvalue weighted by atomic mass is 32.2. The van der Waals surface area contributed by atoms with E-state index in [0.29, 0.717) is 0 Å². The van der Waals surface area contributed by atoms with E-state index >= 15 is 0 Å². The van der Waals surface area contributed by atoms with Crippen LogP contribution in [0.2, 0.25) is 0 Å². The van der Waals surface area contributed by atoms with Crippen molar-refractivity contribution >= 4 is 17.7 Å². The number of carbonyl (C=O) groups is 1. The van der Waals surface area contributed by atoms with Crippen LogP contribution in [0.4, 0.5) is 0 Å². The predicted octanol–water partition coefficient (Wildman–Crippen LogP) is 2.92. The Bertz CT molecular complexity index is 608. The largest absolute Gasteiger partial charge is 0.481 e. The van der Waals surface area contributed by atoms with E-state index in [2.05, 4.69) is 36.2 Å². The van der Waals surface area contributed by atoms with Gasteiger partial charge in [-0.3, -0.25) is 4.79 Å². The van der Waals surface area contributed by atoms with Crippen LogP contribution in [-0.2, 0) is 17.8 Å². The van der Waals surface area contributed by atoms with Gasteiger partial charge in [-0.15, -0.1) is 0 Å². The third-order valence-electron chi connectivity index (χ3n) is 2.91. The first-order chi connectivity index (χ1) is 9.54. The summed E-state index contributed by atoms with van der Waals surface area (Å²) in [7, 11) is 0. The molecule has 0 saturated carbocycles. The number of hydrogen-bond donors (Lipinski definition) is 1. The van der Waals surface area contributed by atoms with Gasteiger partial charge >= 0.3 is 5.97 Å². The van der Waals surface area contributed by atoms with Crippen molar-refractivity contribution in [3.63, 3.8) is 0 Å². The molecule has 106 valence electrons. The highest BCUT2D eigenvalue weighted by Crippen LogP contribution is 2.18. The molecule has 0 fully saturated rings. The monoisotopic (exact) mass is 290 g/mol. The smallest absolute Gasteiger partial charge is 0.313 e. The summed E-state index contributed by atoms with van der Waals surface area (Å²) in [5, 5.41) is 9.53. The van der Waals surface area contributed by atoms with E-state index in [1.807, 2.05) is 17.7 Å². The SMILES string of the molecule is Cc1cccc(CCn2cc(C)nc2SCC(=O)O)c1. The maximum absolute atomic E-state index is 10.6. The Morgan fingerprint density at radius 1 is 1.40 bits per heavy atom. The second kappa shape index (κ2) is 6.61. The van der Waals surface area contributed by atoms with Gasteiger partial charge in [-0.25, -0.2) is 4.98 Å². The normalized spacial score (nSPS) is 10.7. The van der Waals surface area contributed by atoms with E-state index in [1.165, 1.54) is 22.9 Å².